The lowest BCUT2D eigenvalue weighted by Crippen LogP contribution is -2.25. The van der Waals surface area contributed by atoms with E-state index in [2.05, 4.69) is 0 Å². The largest absolute Gasteiger partial charge is 0.464 e. The van der Waals surface area contributed by atoms with Gasteiger partial charge in [-0.25, -0.2) is 0 Å². The summed E-state index contributed by atoms with van der Waals surface area (Å²) in [4.78, 5) is 10.2. The number of halogens is 1. The van der Waals surface area contributed by atoms with Crippen molar-refractivity contribution < 1.29 is 9.53 Å². The molecule has 0 spiro atoms. The molecule has 0 bridgehead atoms. The molecule has 2 atom stereocenters. The maximum absolute atomic E-state index is 10.7. The van der Waals surface area contributed by atoms with Gasteiger partial charge in [0.1, 0.15) is 6.61 Å². The van der Waals surface area contributed by atoms with Crippen LogP contribution in [0.3, 0.4) is 0 Å². The summed E-state index contributed by atoms with van der Waals surface area (Å²) in [6, 6.07) is 0. The van der Waals surface area contributed by atoms with Gasteiger partial charge < -0.3 is 4.74 Å². The summed E-state index contributed by atoms with van der Waals surface area (Å²) >= 11 is 5.87. The van der Waals surface area contributed by atoms with E-state index >= 15 is 0 Å². The minimum atomic E-state index is -0.475. The molecule has 1 aliphatic heterocycles. The first kappa shape index (κ1) is 6.87. The van der Waals surface area contributed by atoms with Crippen LogP contribution in [0.2, 0.25) is 0 Å². The van der Waals surface area contributed by atoms with Crippen LogP contribution in [0.15, 0.2) is 0 Å². The first-order valence-electron chi connectivity index (χ1n) is 2.89. The molecule has 1 aliphatic rings. The third kappa shape index (κ3) is 1.04. The monoisotopic (exact) mass is 148 g/mol. The predicted octanol–water partition coefficient (Wildman–Crippen LogP) is 1.18. The van der Waals surface area contributed by atoms with Crippen molar-refractivity contribution >= 4 is 17.6 Å². The Morgan fingerprint density at radius 2 is 2.44 bits per heavy atom. The number of hydrogen-bond acceptors (Lipinski definition) is 2. The zero-order valence-corrected chi connectivity index (χ0v) is 6.23. The lowest BCUT2D eigenvalue weighted by atomic mass is 9.99. The second-order valence-corrected chi connectivity index (χ2v) is 3.47. The van der Waals surface area contributed by atoms with Gasteiger partial charge in [0.25, 0.3) is 0 Å². The van der Waals surface area contributed by atoms with Gasteiger partial charge in [-0.3, -0.25) is 4.79 Å². The van der Waals surface area contributed by atoms with Crippen LogP contribution < -0.4 is 0 Å². The van der Waals surface area contributed by atoms with Crippen LogP contribution in [-0.2, 0) is 9.53 Å². The Kier molecular flexibility index (Phi) is 1.43. The Morgan fingerprint density at radius 3 is 2.56 bits per heavy atom. The van der Waals surface area contributed by atoms with Crippen LogP contribution in [-0.4, -0.2) is 17.5 Å². The van der Waals surface area contributed by atoms with Crippen molar-refractivity contribution in [1.82, 2.24) is 0 Å². The Morgan fingerprint density at radius 1 is 1.89 bits per heavy atom. The molecule has 0 amide bonds. The highest BCUT2D eigenvalue weighted by Gasteiger charge is 2.42. The molecule has 0 aliphatic carbocycles. The molecule has 0 saturated carbocycles. The fourth-order valence-electron chi connectivity index (χ4n) is 0.708. The van der Waals surface area contributed by atoms with Crippen LogP contribution in [0.25, 0.3) is 0 Å². The molecule has 1 rings (SSSR count). The van der Waals surface area contributed by atoms with Crippen molar-refractivity contribution in [3.63, 3.8) is 0 Å². The molecule has 2 nitrogen and oxygen atoms in total. The average molecular weight is 149 g/mol. The molecule has 1 heterocycles. The van der Waals surface area contributed by atoms with E-state index in [0.717, 1.165) is 0 Å². The predicted molar refractivity (Wildman–Crippen MR) is 34.4 cm³/mol. The molecule has 0 aromatic heterocycles. The smallest absolute Gasteiger partial charge is 0.310 e. The van der Waals surface area contributed by atoms with Crippen LogP contribution in [0.4, 0.5) is 0 Å². The topological polar surface area (TPSA) is 26.3 Å². The Hall–Kier alpha value is -0.240. The van der Waals surface area contributed by atoms with Gasteiger partial charge >= 0.3 is 5.97 Å². The summed E-state index contributed by atoms with van der Waals surface area (Å²) in [5.41, 5.74) is 0. The van der Waals surface area contributed by atoms with E-state index in [9.17, 15) is 4.79 Å². The van der Waals surface area contributed by atoms with Gasteiger partial charge in [0.05, 0.1) is 10.8 Å². The second-order valence-electron chi connectivity index (χ2n) is 2.61. The first-order valence-corrected chi connectivity index (χ1v) is 3.27. The summed E-state index contributed by atoms with van der Waals surface area (Å²) < 4.78 is 4.71. The molecular formula is C6H9ClO2. The van der Waals surface area contributed by atoms with Gasteiger partial charge in [-0.05, 0) is 6.92 Å². The molecule has 2 unspecified atom stereocenters. The molecule has 1 saturated heterocycles. The van der Waals surface area contributed by atoms with E-state index in [4.69, 9.17) is 16.3 Å². The maximum atomic E-state index is 10.7. The van der Waals surface area contributed by atoms with Crippen molar-refractivity contribution in [3.8, 4) is 0 Å². The minimum Gasteiger partial charge on any atom is -0.464 e. The quantitative estimate of drug-likeness (QED) is 0.381. The summed E-state index contributed by atoms with van der Waals surface area (Å²) in [5.74, 6) is -0.355. The van der Waals surface area contributed by atoms with Crippen molar-refractivity contribution in [2.45, 2.75) is 18.7 Å². The maximum Gasteiger partial charge on any atom is 0.310 e. The zero-order chi connectivity index (χ0) is 7.07. The van der Waals surface area contributed by atoms with Crippen LogP contribution in [0, 0.1) is 5.92 Å². The molecule has 0 aromatic carbocycles. The summed E-state index contributed by atoms with van der Waals surface area (Å²) in [5, 5.41) is 0. The third-order valence-electron chi connectivity index (χ3n) is 1.75. The molecule has 9 heavy (non-hydrogen) atoms. The number of alkyl halides is 1. The minimum absolute atomic E-state index is 0.167. The summed E-state index contributed by atoms with van der Waals surface area (Å²) in [7, 11) is 0. The molecule has 3 heteroatoms. The van der Waals surface area contributed by atoms with Gasteiger partial charge in [0.15, 0.2) is 0 Å². The number of esters is 1. The fraction of sp³-hybridized carbons (Fsp3) is 0.833. The number of carbonyl (C=O) groups is 1. The second kappa shape index (κ2) is 1.87. The normalized spacial score (nSPS) is 43.0. The van der Waals surface area contributed by atoms with Crippen LogP contribution in [0.1, 0.15) is 13.8 Å². The number of carbonyl (C=O) groups excluding carboxylic acids is 1. The van der Waals surface area contributed by atoms with Gasteiger partial charge in [-0.1, -0.05) is 6.92 Å². The molecular weight excluding hydrogens is 140 g/mol. The zero-order valence-electron chi connectivity index (χ0n) is 5.48. The van der Waals surface area contributed by atoms with E-state index in [1.54, 1.807) is 6.92 Å². The number of cyclic esters (lactones) is 1. The van der Waals surface area contributed by atoms with E-state index in [1.165, 1.54) is 0 Å². The Labute approximate surface area is 59.1 Å². The number of ether oxygens (including phenoxy) is 1. The average Bonchev–Trinajstić information content (AvgIpc) is 1.97. The lowest BCUT2D eigenvalue weighted by molar-refractivity contribution is -0.140. The highest BCUT2D eigenvalue weighted by Crippen LogP contribution is 2.31. The van der Waals surface area contributed by atoms with Crippen LogP contribution in [0.5, 0.6) is 0 Å². The van der Waals surface area contributed by atoms with E-state index < -0.39 is 4.87 Å². The molecule has 52 valence electrons. The first-order chi connectivity index (χ1) is 4.04. The van der Waals surface area contributed by atoms with Gasteiger partial charge in [0, 0.05) is 0 Å². The number of rotatable bonds is 0. The van der Waals surface area contributed by atoms with Gasteiger partial charge in [0.2, 0.25) is 0 Å². The summed E-state index contributed by atoms with van der Waals surface area (Å²) in [6.45, 7) is 3.93. The van der Waals surface area contributed by atoms with Crippen molar-refractivity contribution in [2.75, 3.05) is 6.61 Å². The molecule has 1 fully saturated rings. The number of hydrogen-bond donors (Lipinski definition) is 0. The van der Waals surface area contributed by atoms with Gasteiger partial charge in [-0.2, -0.15) is 0 Å². The van der Waals surface area contributed by atoms with E-state index in [-0.39, 0.29) is 11.9 Å². The fourth-order valence-corrected chi connectivity index (χ4v) is 0.852. The van der Waals surface area contributed by atoms with E-state index in [1.807, 2.05) is 6.92 Å². The summed E-state index contributed by atoms with van der Waals surface area (Å²) in [6.07, 6.45) is 0. The van der Waals surface area contributed by atoms with Crippen molar-refractivity contribution in [3.05, 3.63) is 0 Å². The SMILES string of the molecule is CC1C(=O)OCC1(C)Cl. The van der Waals surface area contributed by atoms with Crippen LogP contribution >= 0.6 is 11.6 Å². The van der Waals surface area contributed by atoms with Crippen molar-refractivity contribution in [1.29, 1.82) is 0 Å². The standard InChI is InChI=1S/C6H9ClO2/c1-4-5(8)9-3-6(4,2)7/h4H,3H2,1-2H3. The van der Waals surface area contributed by atoms with E-state index in [0.29, 0.717) is 6.61 Å². The molecule has 0 aromatic rings. The third-order valence-corrected chi connectivity index (χ3v) is 2.19. The van der Waals surface area contributed by atoms with Crippen molar-refractivity contribution in [2.24, 2.45) is 5.92 Å². The Bertz CT molecular complexity index is 142. The highest BCUT2D eigenvalue weighted by atomic mass is 35.5. The molecule has 0 N–H and O–H groups in total. The molecule has 0 radical (unpaired) electrons. The lowest BCUT2D eigenvalue weighted by Gasteiger charge is -2.13. The van der Waals surface area contributed by atoms with Gasteiger partial charge in [-0.15, -0.1) is 11.6 Å². The Balaban J connectivity index is 2.73. The highest BCUT2D eigenvalue weighted by molar-refractivity contribution is 6.25.